The third kappa shape index (κ3) is 5.01. The summed E-state index contributed by atoms with van der Waals surface area (Å²) in [6, 6.07) is 3.25. The van der Waals surface area contributed by atoms with Crippen molar-refractivity contribution < 1.29 is 19.1 Å². The summed E-state index contributed by atoms with van der Waals surface area (Å²) in [4.78, 5) is 23.1. The Balaban J connectivity index is 2.97. The van der Waals surface area contributed by atoms with Crippen LogP contribution in [0.4, 0.5) is 4.39 Å². The van der Waals surface area contributed by atoms with Gasteiger partial charge >= 0.3 is 5.97 Å². The fraction of sp³-hybridized carbons (Fsp3) is 0.467. The van der Waals surface area contributed by atoms with Crippen molar-refractivity contribution in [3.05, 3.63) is 34.6 Å². The molecule has 6 heteroatoms. The fourth-order valence-corrected chi connectivity index (χ4v) is 2.22. The van der Waals surface area contributed by atoms with Crippen LogP contribution in [-0.4, -0.2) is 17.0 Å². The van der Waals surface area contributed by atoms with E-state index in [0.717, 1.165) is 6.07 Å². The SMILES string of the molecule is CCC(CC)C(=O)NC(CC(=O)O)c1ccc(Cl)c(F)c1. The van der Waals surface area contributed by atoms with Gasteiger partial charge < -0.3 is 10.4 Å². The summed E-state index contributed by atoms with van der Waals surface area (Å²) in [5, 5.41) is 11.6. The molecule has 1 amide bonds. The van der Waals surface area contributed by atoms with Crippen molar-refractivity contribution in [1.29, 1.82) is 0 Å². The minimum Gasteiger partial charge on any atom is -0.481 e. The molecular weight excluding hydrogens is 297 g/mol. The van der Waals surface area contributed by atoms with Crippen molar-refractivity contribution in [3.63, 3.8) is 0 Å². The monoisotopic (exact) mass is 315 g/mol. The molecule has 2 N–H and O–H groups in total. The molecule has 0 saturated carbocycles. The standard InChI is InChI=1S/C15H19ClFNO3/c1-3-9(4-2)15(21)18-13(8-14(19)20)10-5-6-11(16)12(17)7-10/h5-7,9,13H,3-4,8H2,1-2H3,(H,18,21)(H,19,20). The van der Waals surface area contributed by atoms with Gasteiger partial charge in [-0.1, -0.05) is 31.5 Å². The van der Waals surface area contributed by atoms with E-state index < -0.39 is 17.8 Å². The van der Waals surface area contributed by atoms with Crippen LogP contribution in [0.5, 0.6) is 0 Å². The van der Waals surface area contributed by atoms with E-state index in [-0.39, 0.29) is 23.3 Å². The lowest BCUT2D eigenvalue weighted by Gasteiger charge is -2.21. The van der Waals surface area contributed by atoms with Gasteiger partial charge in [0.1, 0.15) is 5.82 Å². The van der Waals surface area contributed by atoms with Gasteiger partial charge in [0.25, 0.3) is 0 Å². The first-order valence-electron chi connectivity index (χ1n) is 6.86. The topological polar surface area (TPSA) is 66.4 Å². The number of amides is 1. The number of nitrogens with one attached hydrogen (secondary N) is 1. The van der Waals surface area contributed by atoms with E-state index in [1.165, 1.54) is 12.1 Å². The number of carbonyl (C=O) groups excluding carboxylic acids is 1. The third-order valence-electron chi connectivity index (χ3n) is 3.40. The highest BCUT2D eigenvalue weighted by atomic mass is 35.5. The zero-order valence-corrected chi connectivity index (χ0v) is 12.8. The van der Waals surface area contributed by atoms with Crippen LogP contribution in [0.25, 0.3) is 0 Å². The number of carbonyl (C=O) groups is 2. The summed E-state index contributed by atoms with van der Waals surface area (Å²) >= 11 is 5.61. The zero-order valence-electron chi connectivity index (χ0n) is 12.0. The Morgan fingerprint density at radius 1 is 1.33 bits per heavy atom. The molecule has 1 rings (SSSR count). The first kappa shape index (κ1) is 17.4. The Bertz CT molecular complexity index is 518. The number of rotatable bonds is 7. The number of carboxylic acids is 1. The molecule has 116 valence electrons. The molecule has 4 nitrogen and oxygen atoms in total. The van der Waals surface area contributed by atoms with Crippen LogP contribution >= 0.6 is 11.6 Å². The predicted octanol–water partition coefficient (Wildman–Crippen LogP) is 3.55. The van der Waals surface area contributed by atoms with Gasteiger partial charge in [0, 0.05) is 5.92 Å². The summed E-state index contributed by atoms with van der Waals surface area (Å²) in [6.45, 7) is 3.78. The summed E-state index contributed by atoms with van der Waals surface area (Å²) in [5.41, 5.74) is 0.388. The molecule has 0 heterocycles. The molecule has 1 atom stereocenters. The van der Waals surface area contributed by atoms with Crippen molar-refractivity contribution in [2.45, 2.75) is 39.2 Å². The molecule has 21 heavy (non-hydrogen) atoms. The van der Waals surface area contributed by atoms with E-state index in [4.69, 9.17) is 16.7 Å². The van der Waals surface area contributed by atoms with Gasteiger partial charge in [-0.05, 0) is 30.5 Å². The molecule has 0 aliphatic heterocycles. The molecule has 0 aliphatic rings. The van der Waals surface area contributed by atoms with Crippen LogP contribution < -0.4 is 5.32 Å². The number of benzene rings is 1. The zero-order chi connectivity index (χ0) is 16.0. The number of hydrogen-bond acceptors (Lipinski definition) is 2. The Morgan fingerprint density at radius 2 is 1.95 bits per heavy atom. The maximum absolute atomic E-state index is 13.5. The van der Waals surface area contributed by atoms with Crippen molar-refractivity contribution in [2.75, 3.05) is 0 Å². The number of aliphatic carboxylic acids is 1. The summed E-state index contributed by atoms with van der Waals surface area (Å²) in [6.07, 6.45) is 1.02. The van der Waals surface area contributed by atoms with Gasteiger partial charge in [-0.25, -0.2) is 4.39 Å². The highest BCUT2D eigenvalue weighted by Crippen LogP contribution is 2.23. The molecule has 0 fully saturated rings. The summed E-state index contributed by atoms with van der Waals surface area (Å²) in [7, 11) is 0. The number of hydrogen-bond donors (Lipinski definition) is 2. The molecule has 0 spiro atoms. The molecule has 1 unspecified atom stereocenters. The lowest BCUT2D eigenvalue weighted by atomic mass is 9.99. The molecule has 1 aromatic rings. The second-order valence-electron chi connectivity index (χ2n) is 4.85. The Morgan fingerprint density at radius 3 is 2.43 bits per heavy atom. The van der Waals surface area contributed by atoms with Crippen molar-refractivity contribution in [3.8, 4) is 0 Å². The van der Waals surface area contributed by atoms with E-state index in [1.54, 1.807) is 0 Å². The second kappa shape index (κ2) is 7.98. The van der Waals surface area contributed by atoms with Crippen LogP contribution in [0.2, 0.25) is 5.02 Å². The van der Waals surface area contributed by atoms with E-state index in [1.807, 2.05) is 13.8 Å². The maximum Gasteiger partial charge on any atom is 0.305 e. The van der Waals surface area contributed by atoms with Crippen molar-refractivity contribution in [1.82, 2.24) is 5.32 Å². The fourth-order valence-electron chi connectivity index (χ4n) is 2.11. The maximum atomic E-state index is 13.5. The highest BCUT2D eigenvalue weighted by Gasteiger charge is 2.22. The van der Waals surface area contributed by atoms with E-state index >= 15 is 0 Å². The Labute approximate surface area is 128 Å². The van der Waals surface area contributed by atoms with E-state index in [9.17, 15) is 14.0 Å². The van der Waals surface area contributed by atoms with Gasteiger partial charge in [0.15, 0.2) is 0 Å². The predicted molar refractivity (Wildman–Crippen MR) is 78.6 cm³/mol. The average Bonchev–Trinajstić information content (AvgIpc) is 2.42. The van der Waals surface area contributed by atoms with Crippen LogP contribution in [0.1, 0.15) is 44.7 Å². The second-order valence-corrected chi connectivity index (χ2v) is 5.25. The van der Waals surface area contributed by atoms with Crippen LogP contribution in [0, 0.1) is 11.7 Å². The van der Waals surface area contributed by atoms with Crippen LogP contribution in [0.15, 0.2) is 18.2 Å². The van der Waals surface area contributed by atoms with Gasteiger partial charge in [-0.3, -0.25) is 9.59 Å². The minimum atomic E-state index is -1.07. The van der Waals surface area contributed by atoms with E-state index in [0.29, 0.717) is 18.4 Å². The molecule has 1 aromatic carbocycles. The van der Waals surface area contributed by atoms with Crippen LogP contribution in [0.3, 0.4) is 0 Å². The first-order valence-corrected chi connectivity index (χ1v) is 7.23. The van der Waals surface area contributed by atoms with Gasteiger partial charge in [0.05, 0.1) is 17.5 Å². The number of carboxylic acid groups (broad SMARTS) is 1. The normalized spacial score (nSPS) is 12.2. The molecule has 0 aliphatic carbocycles. The smallest absolute Gasteiger partial charge is 0.305 e. The Hall–Kier alpha value is -1.62. The summed E-state index contributed by atoms with van der Waals surface area (Å²) < 4.78 is 13.5. The van der Waals surface area contributed by atoms with Crippen LogP contribution in [-0.2, 0) is 9.59 Å². The van der Waals surface area contributed by atoms with Crippen molar-refractivity contribution in [2.24, 2.45) is 5.92 Å². The molecular formula is C15H19ClFNO3. The number of halogens is 2. The molecule has 0 bridgehead atoms. The third-order valence-corrected chi connectivity index (χ3v) is 3.70. The van der Waals surface area contributed by atoms with E-state index in [2.05, 4.69) is 5.32 Å². The lowest BCUT2D eigenvalue weighted by Crippen LogP contribution is -2.34. The van der Waals surface area contributed by atoms with Gasteiger partial charge in [-0.2, -0.15) is 0 Å². The highest BCUT2D eigenvalue weighted by molar-refractivity contribution is 6.30. The first-order chi connectivity index (χ1) is 9.88. The minimum absolute atomic E-state index is 0.0425. The van der Waals surface area contributed by atoms with Crippen molar-refractivity contribution >= 4 is 23.5 Å². The van der Waals surface area contributed by atoms with Gasteiger partial charge in [0.2, 0.25) is 5.91 Å². The average molecular weight is 316 g/mol. The molecule has 0 saturated heterocycles. The largest absolute Gasteiger partial charge is 0.481 e. The quantitative estimate of drug-likeness (QED) is 0.808. The van der Waals surface area contributed by atoms with Gasteiger partial charge in [-0.15, -0.1) is 0 Å². The molecule has 0 radical (unpaired) electrons. The lowest BCUT2D eigenvalue weighted by molar-refractivity contribution is -0.138. The summed E-state index contributed by atoms with van der Waals surface area (Å²) in [5.74, 6) is -2.11. The Kier molecular flexibility index (Phi) is 6.62. The molecule has 0 aromatic heterocycles.